The minimum atomic E-state index is -4.48. The van der Waals surface area contributed by atoms with Gasteiger partial charge in [-0.25, -0.2) is 12.8 Å². The van der Waals surface area contributed by atoms with Crippen molar-refractivity contribution in [1.29, 1.82) is 0 Å². The Balaban J connectivity index is 3.28. The van der Waals surface area contributed by atoms with Gasteiger partial charge in [0.25, 0.3) is 0 Å². The predicted molar refractivity (Wildman–Crippen MR) is 69.7 cm³/mol. The normalized spacial score (nSPS) is 11.6. The summed E-state index contributed by atoms with van der Waals surface area (Å²) in [5, 5.41) is 8.66. The van der Waals surface area contributed by atoms with E-state index in [0.717, 1.165) is 12.1 Å². The van der Waals surface area contributed by atoms with Gasteiger partial charge in [0, 0.05) is 4.47 Å². The van der Waals surface area contributed by atoms with Gasteiger partial charge in [-0.3, -0.25) is 9.59 Å². The maximum absolute atomic E-state index is 13.7. The Kier molecular flexibility index (Phi) is 5.20. The van der Waals surface area contributed by atoms with Crippen molar-refractivity contribution in [3.05, 3.63) is 28.5 Å². The summed E-state index contributed by atoms with van der Waals surface area (Å²) >= 11 is 2.96. The van der Waals surface area contributed by atoms with Gasteiger partial charge < -0.3 is 10.8 Å². The van der Waals surface area contributed by atoms with E-state index in [9.17, 15) is 22.4 Å². The molecule has 1 amide bonds. The number of hydrogen-bond acceptors (Lipinski definition) is 4. The second-order valence-corrected chi connectivity index (χ2v) is 6.53. The van der Waals surface area contributed by atoms with Crippen LogP contribution in [-0.2, 0) is 19.6 Å². The van der Waals surface area contributed by atoms with E-state index in [1.807, 2.05) is 0 Å². The smallest absolute Gasteiger partial charge is 0.318 e. The molecule has 0 radical (unpaired) electrons. The highest BCUT2D eigenvalue weighted by Gasteiger charge is 2.30. The van der Waals surface area contributed by atoms with Crippen LogP contribution in [0.1, 0.15) is 0 Å². The van der Waals surface area contributed by atoms with Crippen molar-refractivity contribution in [3.63, 3.8) is 0 Å². The molecule has 0 spiro atoms. The van der Waals surface area contributed by atoms with Crippen molar-refractivity contribution < 1.29 is 27.5 Å². The molecule has 3 N–H and O–H groups in total. The minimum Gasteiger partial charge on any atom is -0.480 e. The zero-order valence-corrected chi connectivity index (χ0v) is 12.3. The van der Waals surface area contributed by atoms with Crippen molar-refractivity contribution in [2.75, 3.05) is 13.1 Å². The second kappa shape index (κ2) is 6.29. The number of carbonyl (C=O) groups is 2. The number of aliphatic carboxylic acids is 1. The van der Waals surface area contributed by atoms with Crippen molar-refractivity contribution in [2.24, 2.45) is 5.73 Å². The van der Waals surface area contributed by atoms with Crippen molar-refractivity contribution >= 4 is 37.8 Å². The van der Waals surface area contributed by atoms with E-state index in [2.05, 4.69) is 15.9 Å². The highest BCUT2D eigenvalue weighted by Crippen LogP contribution is 2.22. The fraction of sp³-hybridized carbons (Fsp3) is 0.200. The lowest BCUT2D eigenvalue weighted by molar-refractivity contribution is -0.137. The predicted octanol–water partition coefficient (Wildman–Crippen LogP) is 0.149. The number of nitrogens with zero attached hydrogens (tertiary/aromatic N) is 1. The summed E-state index contributed by atoms with van der Waals surface area (Å²) in [5.74, 6) is -3.61. The number of rotatable bonds is 6. The molecule has 0 fully saturated rings. The number of benzene rings is 1. The molecule has 110 valence electrons. The quantitative estimate of drug-likeness (QED) is 0.740. The maximum Gasteiger partial charge on any atom is 0.318 e. The highest BCUT2D eigenvalue weighted by molar-refractivity contribution is 9.10. The van der Waals surface area contributed by atoms with E-state index < -0.39 is 45.7 Å². The fourth-order valence-electron chi connectivity index (χ4n) is 1.37. The Morgan fingerprint density at radius 3 is 2.40 bits per heavy atom. The van der Waals surface area contributed by atoms with Crippen molar-refractivity contribution in [1.82, 2.24) is 4.31 Å². The van der Waals surface area contributed by atoms with E-state index in [1.165, 1.54) is 6.07 Å². The number of amides is 1. The molecule has 0 aliphatic heterocycles. The minimum absolute atomic E-state index is 0.296. The molecule has 10 heteroatoms. The molecule has 0 heterocycles. The number of halogens is 2. The van der Waals surface area contributed by atoms with Crippen molar-refractivity contribution in [3.8, 4) is 0 Å². The third-order valence-corrected chi connectivity index (χ3v) is 4.47. The van der Waals surface area contributed by atoms with Gasteiger partial charge in [-0.05, 0) is 18.2 Å². The summed E-state index contributed by atoms with van der Waals surface area (Å²) in [7, 11) is -4.48. The Bertz CT molecular complexity index is 633. The lowest BCUT2D eigenvalue weighted by Gasteiger charge is -2.19. The third kappa shape index (κ3) is 3.99. The number of sulfonamides is 1. The van der Waals surface area contributed by atoms with Crippen LogP contribution < -0.4 is 5.73 Å². The lowest BCUT2D eigenvalue weighted by Crippen LogP contribution is -2.41. The highest BCUT2D eigenvalue weighted by atomic mass is 79.9. The van der Waals surface area contributed by atoms with Gasteiger partial charge in [-0.2, -0.15) is 4.31 Å². The molecule has 0 aromatic heterocycles. The van der Waals surface area contributed by atoms with E-state index in [4.69, 9.17) is 10.8 Å². The number of carboxylic acids is 1. The van der Waals surface area contributed by atoms with Crippen LogP contribution in [0.25, 0.3) is 0 Å². The molecule has 0 bridgehead atoms. The van der Waals surface area contributed by atoms with E-state index in [0.29, 0.717) is 8.78 Å². The van der Waals surface area contributed by atoms with Crippen LogP contribution >= 0.6 is 15.9 Å². The number of primary amides is 1. The monoisotopic (exact) mass is 368 g/mol. The summed E-state index contributed by atoms with van der Waals surface area (Å²) in [6, 6.07) is 3.15. The van der Waals surface area contributed by atoms with Crippen LogP contribution in [0.2, 0.25) is 0 Å². The molecular weight excluding hydrogens is 359 g/mol. The lowest BCUT2D eigenvalue weighted by atomic mass is 10.3. The third-order valence-electron chi connectivity index (χ3n) is 2.16. The van der Waals surface area contributed by atoms with Gasteiger partial charge in [-0.1, -0.05) is 15.9 Å². The fourth-order valence-corrected chi connectivity index (χ4v) is 3.11. The summed E-state index contributed by atoms with van der Waals surface area (Å²) in [5.41, 5.74) is 4.87. The molecular formula is C10H10BrFN2O5S. The molecule has 1 aromatic rings. The Hall–Kier alpha value is -1.52. The van der Waals surface area contributed by atoms with E-state index in [1.54, 1.807) is 0 Å². The Morgan fingerprint density at radius 1 is 1.35 bits per heavy atom. The van der Waals surface area contributed by atoms with Gasteiger partial charge in [0.1, 0.15) is 17.3 Å². The SMILES string of the molecule is NC(=O)CN(CC(=O)O)S(=O)(=O)c1ccc(Br)cc1F. The summed E-state index contributed by atoms with van der Waals surface area (Å²) in [6.45, 7) is -1.86. The summed E-state index contributed by atoms with van der Waals surface area (Å²) < 4.78 is 38.6. The first-order valence-electron chi connectivity index (χ1n) is 5.10. The Labute approximate surface area is 122 Å². The molecule has 0 aliphatic carbocycles. The standard InChI is InChI=1S/C10H10BrFN2O5S/c11-6-1-2-8(7(12)3-6)20(18,19)14(4-9(13)15)5-10(16)17/h1-3H,4-5H2,(H2,13,15)(H,16,17). The Morgan fingerprint density at radius 2 is 1.95 bits per heavy atom. The molecule has 0 atom stereocenters. The van der Waals surface area contributed by atoms with Gasteiger partial charge in [-0.15, -0.1) is 0 Å². The van der Waals surface area contributed by atoms with E-state index in [-0.39, 0.29) is 0 Å². The molecule has 0 aliphatic rings. The number of carboxylic acid groups (broad SMARTS) is 1. The molecule has 0 unspecified atom stereocenters. The van der Waals surface area contributed by atoms with Gasteiger partial charge in [0.15, 0.2) is 0 Å². The van der Waals surface area contributed by atoms with Crippen LogP contribution in [0.4, 0.5) is 4.39 Å². The first-order chi connectivity index (χ1) is 9.14. The van der Waals surface area contributed by atoms with Gasteiger partial charge in [0.05, 0.1) is 6.54 Å². The number of hydrogen-bond donors (Lipinski definition) is 2. The average Bonchev–Trinajstić information content (AvgIpc) is 2.26. The molecule has 1 rings (SSSR count). The average molecular weight is 369 g/mol. The first kappa shape index (κ1) is 16.5. The molecule has 0 saturated carbocycles. The maximum atomic E-state index is 13.7. The number of nitrogens with two attached hydrogens (primary N) is 1. The molecule has 0 saturated heterocycles. The molecule has 20 heavy (non-hydrogen) atoms. The van der Waals surface area contributed by atoms with Gasteiger partial charge >= 0.3 is 5.97 Å². The van der Waals surface area contributed by atoms with Crippen LogP contribution in [0.3, 0.4) is 0 Å². The van der Waals surface area contributed by atoms with Crippen molar-refractivity contribution in [2.45, 2.75) is 4.90 Å². The van der Waals surface area contributed by atoms with Crippen LogP contribution in [0, 0.1) is 5.82 Å². The number of carbonyl (C=O) groups excluding carboxylic acids is 1. The molecule has 7 nitrogen and oxygen atoms in total. The van der Waals surface area contributed by atoms with E-state index >= 15 is 0 Å². The van der Waals surface area contributed by atoms with Crippen LogP contribution in [0.15, 0.2) is 27.6 Å². The summed E-state index contributed by atoms with van der Waals surface area (Å²) in [4.78, 5) is 20.7. The first-order valence-corrected chi connectivity index (χ1v) is 7.33. The van der Waals surface area contributed by atoms with Gasteiger partial charge in [0.2, 0.25) is 15.9 Å². The molecule has 1 aromatic carbocycles. The van der Waals surface area contributed by atoms with Crippen LogP contribution in [0.5, 0.6) is 0 Å². The van der Waals surface area contributed by atoms with Crippen LogP contribution in [-0.4, -0.2) is 42.8 Å². The zero-order chi connectivity index (χ0) is 15.5. The zero-order valence-electron chi connectivity index (χ0n) is 9.92. The topological polar surface area (TPSA) is 118 Å². The largest absolute Gasteiger partial charge is 0.480 e. The summed E-state index contributed by atoms with van der Waals surface area (Å²) in [6.07, 6.45) is 0. The second-order valence-electron chi connectivity index (χ2n) is 3.71.